The molecule has 3 nitrogen and oxygen atoms in total. The molecule has 3 rings (SSSR count). The van der Waals surface area contributed by atoms with Crippen LogP contribution < -0.4 is 4.74 Å². The Bertz CT molecular complexity index is 632. The average Bonchev–Trinajstić information content (AvgIpc) is 2.96. The maximum atomic E-state index is 13.1. The second-order valence-electron chi connectivity index (χ2n) is 5.82. The summed E-state index contributed by atoms with van der Waals surface area (Å²) in [5.74, 6) is -1.69. The summed E-state index contributed by atoms with van der Waals surface area (Å²) in [5.41, 5.74) is 2.05. The lowest BCUT2D eigenvalue weighted by molar-refractivity contribution is -0.0564. The number of nitrogens with zero attached hydrogens (tertiary/aromatic N) is 2. The van der Waals surface area contributed by atoms with Crippen LogP contribution in [0.5, 0.6) is 5.75 Å². The van der Waals surface area contributed by atoms with Gasteiger partial charge in [-0.3, -0.25) is 4.90 Å². The van der Waals surface area contributed by atoms with Gasteiger partial charge >= 0.3 is 0 Å². The molecule has 0 atom stereocenters. The quantitative estimate of drug-likeness (QED) is 0.816. The summed E-state index contributed by atoms with van der Waals surface area (Å²) in [7, 11) is 0. The molecule has 1 saturated heterocycles. The molecule has 23 heavy (non-hydrogen) atoms. The normalized spacial score (nSPS) is 18.0. The fraction of sp³-hybridized carbons (Fsp3) is 0.471. The first-order chi connectivity index (χ1) is 11.0. The van der Waals surface area contributed by atoms with Crippen molar-refractivity contribution in [3.63, 3.8) is 0 Å². The minimum absolute atomic E-state index is 0.0469. The summed E-state index contributed by atoms with van der Waals surface area (Å²) in [6, 6.07) is 7.83. The Kier molecular flexibility index (Phi) is 4.92. The Morgan fingerprint density at radius 3 is 2.52 bits per heavy atom. The van der Waals surface area contributed by atoms with E-state index in [9.17, 15) is 8.78 Å². The zero-order valence-corrected chi connectivity index (χ0v) is 13.9. The minimum atomic E-state index is -2.48. The van der Waals surface area contributed by atoms with Crippen molar-refractivity contribution in [1.82, 2.24) is 9.88 Å². The number of hydrogen-bond donors (Lipinski definition) is 0. The van der Waals surface area contributed by atoms with E-state index in [2.05, 4.69) is 4.98 Å². The molecular formula is C17H20F2N2OS. The lowest BCUT2D eigenvalue weighted by Crippen LogP contribution is -2.41. The van der Waals surface area contributed by atoms with E-state index in [1.54, 1.807) is 11.3 Å². The van der Waals surface area contributed by atoms with Crippen molar-refractivity contribution in [1.29, 1.82) is 0 Å². The first kappa shape index (κ1) is 16.3. The van der Waals surface area contributed by atoms with Gasteiger partial charge in [0, 0.05) is 43.4 Å². The van der Waals surface area contributed by atoms with Crippen LogP contribution in [-0.4, -0.2) is 42.0 Å². The lowest BCUT2D eigenvalue weighted by Gasteiger charge is -2.31. The summed E-state index contributed by atoms with van der Waals surface area (Å²) in [6.07, 6.45) is -0.0937. The van der Waals surface area contributed by atoms with Gasteiger partial charge in [0.2, 0.25) is 0 Å². The molecule has 6 heteroatoms. The summed E-state index contributed by atoms with van der Waals surface area (Å²) in [5, 5.41) is 3.09. The van der Waals surface area contributed by atoms with Crippen molar-refractivity contribution in [3.8, 4) is 17.0 Å². The van der Waals surface area contributed by atoms with Crippen LogP contribution in [0.15, 0.2) is 29.6 Å². The third-order valence-corrected chi connectivity index (χ3v) is 4.81. The fourth-order valence-electron chi connectivity index (χ4n) is 2.61. The van der Waals surface area contributed by atoms with Gasteiger partial charge < -0.3 is 4.74 Å². The highest BCUT2D eigenvalue weighted by molar-refractivity contribution is 7.09. The number of aromatic nitrogens is 1. The number of rotatable bonds is 5. The molecule has 0 bridgehead atoms. The number of piperidine rings is 1. The van der Waals surface area contributed by atoms with E-state index in [1.165, 1.54) is 0 Å². The van der Waals surface area contributed by atoms with Crippen molar-refractivity contribution in [2.24, 2.45) is 0 Å². The molecule has 2 aromatic rings. The van der Waals surface area contributed by atoms with Gasteiger partial charge in [-0.25, -0.2) is 13.8 Å². The van der Waals surface area contributed by atoms with E-state index in [0.717, 1.165) is 22.0 Å². The molecule has 0 unspecified atom stereocenters. The zero-order chi connectivity index (χ0) is 16.3. The zero-order valence-electron chi connectivity index (χ0n) is 13.1. The maximum absolute atomic E-state index is 13.1. The molecule has 0 radical (unpaired) electrons. The van der Waals surface area contributed by atoms with E-state index in [1.807, 2.05) is 41.5 Å². The second-order valence-corrected chi connectivity index (χ2v) is 6.88. The van der Waals surface area contributed by atoms with E-state index in [4.69, 9.17) is 4.74 Å². The number of aryl methyl sites for hydroxylation is 1. The molecule has 1 aromatic carbocycles. The minimum Gasteiger partial charge on any atom is -0.492 e. The van der Waals surface area contributed by atoms with Gasteiger partial charge in [0.1, 0.15) is 12.4 Å². The lowest BCUT2D eigenvalue weighted by atomic mass is 10.1. The highest BCUT2D eigenvalue weighted by atomic mass is 32.1. The highest BCUT2D eigenvalue weighted by Crippen LogP contribution is 2.27. The molecule has 2 heterocycles. The first-order valence-electron chi connectivity index (χ1n) is 7.77. The van der Waals surface area contributed by atoms with Gasteiger partial charge in [-0.15, -0.1) is 11.3 Å². The Labute approximate surface area is 138 Å². The third kappa shape index (κ3) is 4.48. The topological polar surface area (TPSA) is 25.4 Å². The molecule has 1 fully saturated rings. The molecule has 0 saturated carbocycles. The average molecular weight is 338 g/mol. The summed E-state index contributed by atoms with van der Waals surface area (Å²) < 4.78 is 31.9. The Morgan fingerprint density at radius 1 is 1.22 bits per heavy atom. The van der Waals surface area contributed by atoms with Crippen LogP contribution >= 0.6 is 11.3 Å². The molecule has 124 valence electrons. The molecule has 1 aromatic heterocycles. The Morgan fingerprint density at radius 2 is 1.91 bits per heavy atom. The first-order valence-corrected chi connectivity index (χ1v) is 8.65. The predicted molar refractivity (Wildman–Crippen MR) is 88.4 cm³/mol. The van der Waals surface area contributed by atoms with Crippen molar-refractivity contribution in [2.45, 2.75) is 25.7 Å². The number of ether oxygens (including phenoxy) is 1. The maximum Gasteiger partial charge on any atom is 0.250 e. The van der Waals surface area contributed by atoms with Crippen LogP contribution in [0, 0.1) is 6.92 Å². The van der Waals surface area contributed by atoms with Crippen LogP contribution in [-0.2, 0) is 0 Å². The van der Waals surface area contributed by atoms with Gasteiger partial charge in [-0.05, 0) is 31.2 Å². The SMILES string of the molecule is Cc1nc(-c2ccc(OCCN3CCC(F)(F)CC3)cc2)cs1. The molecule has 1 aliphatic heterocycles. The standard InChI is InChI=1S/C17H20F2N2OS/c1-13-20-16(12-23-13)14-2-4-15(5-3-14)22-11-10-21-8-6-17(18,19)7-9-21/h2-5,12H,6-11H2,1H3. The molecule has 0 spiro atoms. The number of halogens is 2. The second kappa shape index (κ2) is 6.93. The highest BCUT2D eigenvalue weighted by Gasteiger charge is 2.33. The molecule has 1 aliphatic rings. The van der Waals surface area contributed by atoms with Crippen molar-refractivity contribution < 1.29 is 13.5 Å². The molecular weight excluding hydrogens is 318 g/mol. The predicted octanol–water partition coefficient (Wildman–Crippen LogP) is 4.23. The molecule has 0 N–H and O–H groups in total. The fourth-order valence-corrected chi connectivity index (χ4v) is 3.24. The van der Waals surface area contributed by atoms with Gasteiger partial charge in [0.05, 0.1) is 10.7 Å². The van der Waals surface area contributed by atoms with Gasteiger partial charge in [-0.1, -0.05) is 0 Å². The van der Waals surface area contributed by atoms with Gasteiger partial charge in [0.25, 0.3) is 5.92 Å². The van der Waals surface area contributed by atoms with Gasteiger partial charge in [0.15, 0.2) is 0 Å². The van der Waals surface area contributed by atoms with Crippen LogP contribution in [0.4, 0.5) is 8.78 Å². The Hall–Kier alpha value is -1.53. The van der Waals surface area contributed by atoms with E-state index < -0.39 is 5.92 Å². The summed E-state index contributed by atoms with van der Waals surface area (Å²) >= 11 is 1.63. The van der Waals surface area contributed by atoms with Crippen molar-refractivity contribution >= 4 is 11.3 Å². The monoisotopic (exact) mass is 338 g/mol. The van der Waals surface area contributed by atoms with Crippen LogP contribution in [0.2, 0.25) is 0 Å². The van der Waals surface area contributed by atoms with Gasteiger partial charge in [-0.2, -0.15) is 0 Å². The van der Waals surface area contributed by atoms with Crippen molar-refractivity contribution in [3.05, 3.63) is 34.7 Å². The number of hydrogen-bond acceptors (Lipinski definition) is 4. The number of benzene rings is 1. The molecule has 0 aliphatic carbocycles. The summed E-state index contributed by atoms with van der Waals surface area (Å²) in [6.45, 7) is 4.07. The number of alkyl halides is 2. The van der Waals surface area contributed by atoms with Crippen LogP contribution in [0.25, 0.3) is 11.3 Å². The number of thiazole rings is 1. The van der Waals surface area contributed by atoms with Crippen LogP contribution in [0.3, 0.4) is 0 Å². The van der Waals surface area contributed by atoms with E-state index in [0.29, 0.717) is 26.2 Å². The van der Waals surface area contributed by atoms with E-state index >= 15 is 0 Å². The smallest absolute Gasteiger partial charge is 0.250 e. The Balaban J connectivity index is 1.46. The van der Waals surface area contributed by atoms with E-state index in [-0.39, 0.29) is 12.8 Å². The van der Waals surface area contributed by atoms with Crippen LogP contribution in [0.1, 0.15) is 17.8 Å². The third-order valence-electron chi connectivity index (χ3n) is 4.03. The summed E-state index contributed by atoms with van der Waals surface area (Å²) in [4.78, 5) is 6.49. The molecule has 0 amide bonds. The number of likely N-dealkylation sites (tertiary alicyclic amines) is 1. The largest absolute Gasteiger partial charge is 0.492 e. The van der Waals surface area contributed by atoms with Crippen molar-refractivity contribution in [2.75, 3.05) is 26.2 Å².